The van der Waals surface area contributed by atoms with Crippen LogP contribution in [0, 0.1) is 5.92 Å². The minimum Gasteiger partial charge on any atom is -0.341 e. The maximum Gasteiger partial charge on any atom is 0.222 e. The Labute approximate surface area is 80.7 Å². The van der Waals surface area contributed by atoms with Crippen LogP contribution in [-0.2, 0) is 4.79 Å². The van der Waals surface area contributed by atoms with E-state index in [4.69, 9.17) is 0 Å². The van der Waals surface area contributed by atoms with E-state index in [1.807, 2.05) is 19.0 Å². The molecule has 76 valence electrons. The SMILES string of the molecule is C[C@@H]1CCN(CCN(C)C)C(=O)C1. The Hall–Kier alpha value is -0.570. The number of carbonyl (C=O) groups excluding carboxylic acids is 1. The van der Waals surface area contributed by atoms with E-state index in [0.29, 0.717) is 11.8 Å². The molecule has 1 saturated heterocycles. The second-order valence-corrected chi connectivity index (χ2v) is 4.28. The Morgan fingerprint density at radius 3 is 2.77 bits per heavy atom. The van der Waals surface area contributed by atoms with E-state index in [0.717, 1.165) is 26.1 Å². The first kappa shape index (κ1) is 10.5. The fourth-order valence-electron chi connectivity index (χ4n) is 1.59. The number of piperidine rings is 1. The average molecular weight is 184 g/mol. The molecule has 3 heteroatoms. The quantitative estimate of drug-likeness (QED) is 0.648. The third-order valence-corrected chi connectivity index (χ3v) is 2.58. The summed E-state index contributed by atoms with van der Waals surface area (Å²) in [6, 6.07) is 0. The standard InChI is InChI=1S/C10H20N2O/c1-9-4-5-12(10(13)8-9)7-6-11(2)3/h9H,4-8H2,1-3H3/t9-/m1/s1. The van der Waals surface area contributed by atoms with Crippen molar-refractivity contribution >= 4 is 5.91 Å². The Bertz CT molecular complexity index is 180. The first-order chi connectivity index (χ1) is 6.09. The zero-order chi connectivity index (χ0) is 9.84. The number of carbonyl (C=O) groups is 1. The lowest BCUT2D eigenvalue weighted by molar-refractivity contribution is -0.134. The minimum atomic E-state index is 0.334. The highest BCUT2D eigenvalue weighted by molar-refractivity contribution is 5.77. The summed E-state index contributed by atoms with van der Waals surface area (Å²) < 4.78 is 0. The van der Waals surface area contributed by atoms with Crippen LogP contribution in [0.5, 0.6) is 0 Å². The predicted molar refractivity (Wildman–Crippen MR) is 53.5 cm³/mol. The van der Waals surface area contributed by atoms with Crippen LogP contribution < -0.4 is 0 Å². The van der Waals surface area contributed by atoms with Crippen molar-refractivity contribution in [2.24, 2.45) is 5.92 Å². The van der Waals surface area contributed by atoms with Crippen molar-refractivity contribution in [2.45, 2.75) is 19.8 Å². The van der Waals surface area contributed by atoms with Crippen molar-refractivity contribution < 1.29 is 4.79 Å². The molecule has 0 unspecified atom stereocenters. The Kier molecular flexibility index (Phi) is 3.72. The fraction of sp³-hybridized carbons (Fsp3) is 0.900. The summed E-state index contributed by atoms with van der Waals surface area (Å²) in [7, 11) is 4.08. The van der Waals surface area contributed by atoms with Crippen LogP contribution in [0.15, 0.2) is 0 Å². The summed E-state index contributed by atoms with van der Waals surface area (Å²) in [5, 5.41) is 0. The number of likely N-dealkylation sites (N-methyl/N-ethyl adjacent to an activating group) is 1. The first-order valence-corrected chi connectivity index (χ1v) is 5.02. The molecular formula is C10H20N2O. The summed E-state index contributed by atoms with van der Waals surface area (Å²) in [6.45, 7) is 4.97. The van der Waals surface area contributed by atoms with Crippen molar-refractivity contribution in [1.29, 1.82) is 0 Å². The van der Waals surface area contributed by atoms with Crippen LogP contribution in [0.2, 0.25) is 0 Å². The van der Waals surface area contributed by atoms with Crippen molar-refractivity contribution in [3.05, 3.63) is 0 Å². The molecule has 0 aliphatic carbocycles. The molecule has 0 aromatic heterocycles. The summed E-state index contributed by atoms with van der Waals surface area (Å²) in [5.41, 5.74) is 0. The third-order valence-electron chi connectivity index (χ3n) is 2.58. The number of hydrogen-bond acceptors (Lipinski definition) is 2. The van der Waals surface area contributed by atoms with Gasteiger partial charge in [0.1, 0.15) is 0 Å². The van der Waals surface area contributed by atoms with Crippen LogP contribution in [0.1, 0.15) is 19.8 Å². The van der Waals surface area contributed by atoms with Gasteiger partial charge in [-0.15, -0.1) is 0 Å². The lowest BCUT2D eigenvalue weighted by Gasteiger charge is -2.30. The number of nitrogens with zero attached hydrogens (tertiary/aromatic N) is 2. The van der Waals surface area contributed by atoms with E-state index < -0.39 is 0 Å². The van der Waals surface area contributed by atoms with Gasteiger partial charge in [-0.25, -0.2) is 0 Å². The Morgan fingerprint density at radius 1 is 1.54 bits per heavy atom. The molecule has 1 amide bonds. The van der Waals surface area contributed by atoms with E-state index >= 15 is 0 Å². The van der Waals surface area contributed by atoms with Gasteiger partial charge in [-0.05, 0) is 26.4 Å². The molecule has 0 radical (unpaired) electrons. The van der Waals surface area contributed by atoms with Gasteiger partial charge in [0.2, 0.25) is 5.91 Å². The largest absolute Gasteiger partial charge is 0.341 e. The third kappa shape index (κ3) is 3.35. The molecule has 0 N–H and O–H groups in total. The molecule has 1 atom stereocenters. The molecule has 0 bridgehead atoms. The van der Waals surface area contributed by atoms with E-state index in [9.17, 15) is 4.79 Å². The van der Waals surface area contributed by atoms with Crippen LogP contribution >= 0.6 is 0 Å². The summed E-state index contributed by atoms with van der Waals surface area (Å²) in [6.07, 6.45) is 1.91. The second-order valence-electron chi connectivity index (χ2n) is 4.28. The lowest BCUT2D eigenvalue weighted by atomic mass is 9.99. The second kappa shape index (κ2) is 4.61. The molecule has 0 saturated carbocycles. The maximum absolute atomic E-state index is 11.5. The van der Waals surface area contributed by atoms with E-state index in [2.05, 4.69) is 11.8 Å². The van der Waals surface area contributed by atoms with Gasteiger partial charge >= 0.3 is 0 Å². The van der Waals surface area contributed by atoms with Gasteiger partial charge in [-0.2, -0.15) is 0 Å². The Morgan fingerprint density at radius 2 is 2.23 bits per heavy atom. The minimum absolute atomic E-state index is 0.334. The monoisotopic (exact) mass is 184 g/mol. The van der Waals surface area contributed by atoms with Gasteiger partial charge < -0.3 is 9.80 Å². The van der Waals surface area contributed by atoms with Crippen molar-refractivity contribution in [3.8, 4) is 0 Å². The number of likely N-dealkylation sites (tertiary alicyclic amines) is 1. The first-order valence-electron chi connectivity index (χ1n) is 5.02. The topological polar surface area (TPSA) is 23.6 Å². The molecule has 13 heavy (non-hydrogen) atoms. The Balaban J connectivity index is 2.30. The van der Waals surface area contributed by atoms with Crippen molar-refractivity contribution in [2.75, 3.05) is 33.7 Å². The lowest BCUT2D eigenvalue weighted by Crippen LogP contribution is -2.41. The summed E-state index contributed by atoms with van der Waals surface area (Å²) >= 11 is 0. The molecule has 1 fully saturated rings. The molecule has 1 aliphatic heterocycles. The molecule has 1 rings (SSSR count). The van der Waals surface area contributed by atoms with Gasteiger partial charge in [0.15, 0.2) is 0 Å². The maximum atomic E-state index is 11.5. The number of amides is 1. The van der Waals surface area contributed by atoms with Gasteiger partial charge in [0, 0.05) is 26.1 Å². The highest BCUT2D eigenvalue weighted by atomic mass is 16.2. The van der Waals surface area contributed by atoms with E-state index in [-0.39, 0.29) is 0 Å². The zero-order valence-corrected chi connectivity index (χ0v) is 8.92. The predicted octanol–water partition coefficient (Wildman–Crippen LogP) is 0.807. The van der Waals surface area contributed by atoms with Gasteiger partial charge in [-0.1, -0.05) is 6.92 Å². The smallest absolute Gasteiger partial charge is 0.222 e. The zero-order valence-electron chi connectivity index (χ0n) is 8.92. The van der Waals surface area contributed by atoms with Crippen LogP contribution in [0.3, 0.4) is 0 Å². The molecule has 3 nitrogen and oxygen atoms in total. The molecule has 0 aromatic carbocycles. The van der Waals surface area contributed by atoms with E-state index in [1.165, 1.54) is 6.42 Å². The van der Waals surface area contributed by atoms with E-state index in [1.54, 1.807) is 0 Å². The number of rotatable bonds is 3. The fourth-order valence-corrected chi connectivity index (χ4v) is 1.59. The highest BCUT2D eigenvalue weighted by Gasteiger charge is 2.22. The number of hydrogen-bond donors (Lipinski definition) is 0. The molecule has 0 aromatic rings. The molecule has 0 spiro atoms. The van der Waals surface area contributed by atoms with Crippen LogP contribution in [-0.4, -0.2) is 49.4 Å². The van der Waals surface area contributed by atoms with Gasteiger partial charge in [-0.3, -0.25) is 4.79 Å². The van der Waals surface area contributed by atoms with Gasteiger partial charge in [0.25, 0.3) is 0 Å². The molecule has 1 aliphatic rings. The average Bonchev–Trinajstić information content (AvgIpc) is 2.02. The summed E-state index contributed by atoms with van der Waals surface area (Å²) in [5.74, 6) is 0.920. The van der Waals surface area contributed by atoms with Crippen molar-refractivity contribution in [3.63, 3.8) is 0 Å². The molecule has 1 heterocycles. The molecular weight excluding hydrogens is 164 g/mol. The normalized spacial score (nSPS) is 24.2. The highest BCUT2D eigenvalue weighted by Crippen LogP contribution is 2.16. The van der Waals surface area contributed by atoms with Crippen LogP contribution in [0.25, 0.3) is 0 Å². The van der Waals surface area contributed by atoms with Crippen molar-refractivity contribution in [1.82, 2.24) is 9.80 Å². The van der Waals surface area contributed by atoms with Gasteiger partial charge in [0.05, 0.1) is 0 Å². The summed E-state index contributed by atoms with van der Waals surface area (Å²) in [4.78, 5) is 15.6. The van der Waals surface area contributed by atoms with Crippen LogP contribution in [0.4, 0.5) is 0 Å².